The Morgan fingerprint density at radius 3 is 2.82 bits per heavy atom. The molecule has 0 unspecified atom stereocenters. The third-order valence-corrected chi connectivity index (χ3v) is 2.24. The number of anilines is 1. The Balaban J connectivity index is 2.57. The minimum atomic E-state index is -0.204. The number of methoxy groups -OCH3 is 1. The highest BCUT2D eigenvalue weighted by Gasteiger charge is 2.09. The predicted molar refractivity (Wildman–Crippen MR) is 66.2 cm³/mol. The second kappa shape index (κ2) is 6.75. The molecule has 0 spiro atoms. The molecule has 0 heterocycles. The Morgan fingerprint density at radius 1 is 1.47 bits per heavy atom. The third kappa shape index (κ3) is 3.96. The zero-order chi connectivity index (χ0) is 12.7. The predicted octanol–water partition coefficient (Wildman–Crippen LogP) is 1.04. The topological polar surface area (TPSA) is 73.6 Å². The summed E-state index contributed by atoms with van der Waals surface area (Å²) in [5.41, 5.74) is 6.60. The smallest absolute Gasteiger partial charge is 0.253 e. The highest BCUT2D eigenvalue weighted by atomic mass is 16.5. The van der Waals surface area contributed by atoms with Gasteiger partial charge in [-0.1, -0.05) is 0 Å². The molecule has 0 radical (unpaired) electrons. The molecule has 5 heteroatoms. The van der Waals surface area contributed by atoms with E-state index in [9.17, 15) is 4.79 Å². The number of benzene rings is 1. The van der Waals surface area contributed by atoms with Gasteiger partial charge < -0.3 is 20.5 Å². The Kier molecular flexibility index (Phi) is 5.29. The second-order valence-electron chi connectivity index (χ2n) is 3.41. The molecule has 5 nitrogen and oxygen atoms in total. The maximum Gasteiger partial charge on any atom is 0.253 e. The number of hydrogen-bond donors (Lipinski definition) is 2. The van der Waals surface area contributed by atoms with E-state index in [4.69, 9.17) is 15.2 Å². The number of hydrogen-bond acceptors (Lipinski definition) is 4. The maximum absolute atomic E-state index is 11.7. The summed E-state index contributed by atoms with van der Waals surface area (Å²) < 4.78 is 10.1. The van der Waals surface area contributed by atoms with Crippen LogP contribution in [0.2, 0.25) is 0 Å². The molecule has 0 saturated heterocycles. The summed E-state index contributed by atoms with van der Waals surface area (Å²) in [6.07, 6.45) is 0. The quantitative estimate of drug-likeness (QED) is 0.573. The van der Waals surface area contributed by atoms with Gasteiger partial charge in [0.05, 0.1) is 19.3 Å². The van der Waals surface area contributed by atoms with E-state index < -0.39 is 0 Å². The second-order valence-corrected chi connectivity index (χ2v) is 3.41. The fourth-order valence-electron chi connectivity index (χ4n) is 1.35. The zero-order valence-corrected chi connectivity index (χ0v) is 10.2. The molecule has 0 fully saturated rings. The van der Waals surface area contributed by atoms with E-state index >= 15 is 0 Å². The number of nitrogens with two attached hydrogens (primary N) is 1. The lowest BCUT2D eigenvalue weighted by Gasteiger charge is -2.08. The van der Waals surface area contributed by atoms with Crippen molar-refractivity contribution in [2.45, 2.75) is 6.92 Å². The summed E-state index contributed by atoms with van der Waals surface area (Å²) in [6, 6.07) is 4.97. The van der Waals surface area contributed by atoms with Gasteiger partial charge in [0.2, 0.25) is 0 Å². The molecular weight excluding hydrogens is 220 g/mol. The van der Waals surface area contributed by atoms with Gasteiger partial charge in [-0.2, -0.15) is 0 Å². The van der Waals surface area contributed by atoms with Crippen molar-refractivity contribution in [1.82, 2.24) is 5.32 Å². The summed E-state index contributed by atoms with van der Waals surface area (Å²) >= 11 is 0. The highest BCUT2D eigenvalue weighted by Crippen LogP contribution is 2.19. The molecule has 0 aliphatic heterocycles. The molecule has 1 aromatic carbocycles. The van der Waals surface area contributed by atoms with Gasteiger partial charge in [0.1, 0.15) is 5.75 Å². The van der Waals surface area contributed by atoms with Crippen molar-refractivity contribution in [2.75, 3.05) is 32.6 Å². The van der Waals surface area contributed by atoms with E-state index in [1.54, 1.807) is 25.3 Å². The Morgan fingerprint density at radius 2 is 2.24 bits per heavy atom. The van der Waals surface area contributed by atoms with Crippen LogP contribution in [0.3, 0.4) is 0 Å². The number of nitrogens with one attached hydrogen (secondary N) is 1. The molecule has 3 N–H and O–H groups in total. The summed E-state index contributed by atoms with van der Waals surface area (Å²) in [5, 5.41) is 2.73. The standard InChI is InChI=1S/C12H18N2O3/c1-3-17-7-6-14-12(15)10-5-4-9(16-2)8-11(10)13/h4-5,8H,3,6-7,13H2,1-2H3,(H,14,15). The van der Waals surface area contributed by atoms with Crippen molar-refractivity contribution >= 4 is 11.6 Å². The number of rotatable bonds is 6. The molecular formula is C12H18N2O3. The minimum absolute atomic E-state index is 0.204. The van der Waals surface area contributed by atoms with Crippen LogP contribution in [0, 0.1) is 0 Å². The van der Waals surface area contributed by atoms with E-state index in [0.717, 1.165) is 0 Å². The van der Waals surface area contributed by atoms with Gasteiger partial charge >= 0.3 is 0 Å². The van der Waals surface area contributed by atoms with E-state index in [-0.39, 0.29) is 5.91 Å². The molecule has 94 valence electrons. The maximum atomic E-state index is 11.7. The van der Waals surface area contributed by atoms with Crippen LogP contribution in [0.25, 0.3) is 0 Å². The summed E-state index contributed by atoms with van der Waals surface area (Å²) in [7, 11) is 1.55. The molecule has 17 heavy (non-hydrogen) atoms. The first-order valence-corrected chi connectivity index (χ1v) is 5.48. The van der Waals surface area contributed by atoms with Gasteiger partial charge in [-0.3, -0.25) is 4.79 Å². The van der Waals surface area contributed by atoms with Gasteiger partial charge in [0.15, 0.2) is 0 Å². The molecule has 1 amide bonds. The lowest BCUT2D eigenvalue weighted by atomic mass is 10.1. The number of nitrogen functional groups attached to an aromatic ring is 1. The highest BCUT2D eigenvalue weighted by molar-refractivity contribution is 5.99. The monoisotopic (exact) mass is 238 g/mol. The lowest BCUT2D eigenvalue weighted by Crippen LogP contribution is -2.27. The van der Waals surface area contributed by atoms with Crippen LogP contribution in [0.4, 0.5) is 5.69 Å². The number of amides is 1. The van der Waals surface area contributed by atoms with E-state index in [0.29, 0.717) is 36.8 Å². The molecule has 0 atom stereocenters. The van der Waals surface area contributed by atoms with Gasteiger partial charge in [-0.15, -0.1) is 0 Å². The first-order chi connectivity index (χ1) is 8.19. The average Bonchev–Trinajstić information content (AvgIpc) is 2.34. The molecule has 1 aromatic rings. The van der Waals surface area contributed by atoms with Crippen molar-refractivity contribution in [3.63, 3.8) is 0 Å². The Labute approximate surface area is 101 Å². The zero-order valence-electron chi connectivity index (χ0n) is 10.2. The molecule has 0 aliphatic carbocycles. The van der Waals surface area contributed by atoms with Gasteiger partial charge in [-0.25, -0.2) is 0 Å². The lowest BCUT2D eigenvalue weighted by molar-refractivity contribution is 0.0923. The summed E-state index contributed by atoms with van der Waals surface area (Å²) in [4.78, 5) is 11.7. The molecule has 0 aromatic heterocycles. The fourth-order valence-corrected chi connectivity index (χ4v) is 1.35. The summed E-state index contributed by atoms with van der Waals surface area (Å²) in [5.74, 6) is 0.429. The minimum Gasteiger partial charge on any atom is -0.497 e. The molecule has 0 saturated carbocycles. The van der Waals surface area contributed by atoms with Crippen LogP contribution in [-0.4, -0.2) is 32.8 Å². The van der Waals surface area contributed by atoms with Crippen molar-refractivity contribution in [2.24, 2.45) is 0 Å². The number of carbonyl (C=O) groups excluding carboxylic acids is 1. The van der Waals surface area contributed by atoms with Crippen molar-refractivity contribution in [3.05, 3.63) is 23.8 Å². The normalized spacial score (nSPS) is 10.0. The molecule has 1 rings (SSSR count). The van der Waals surface area contributed by atoms with Crippen LogP contribution in [0.15, 0.2) is 18.2 Å². The van der Waals surface area contributed by atoms with Crippen LogP contribution >= 0.6 is 0 Å². The average molecular weight is 238 g/mol. The van der Waals surface area contributed by atoms with Gasteiger partial charge in [0, 0.05) is 24.9 Å². The van der Waals surface area contributed by atoms with Gasteiger partial charge in [-0.05, 0) is 19.1 Å². The summed E-state index contributed by atoms with van der Waals surface area (Å²) in [6.45, 7) is 3.51. The van der Waals surface area contributed by atoms with Gasteiger partial charge in [0.25, 0.3) is 5.91 Å². The third-order valence-electron chi connectivity index (χ3n) is 2.24. The fraction of sp³-hybridized carbons (Fsp3) is 0.417. The van der Waals surface area contributed by atoms with E-state index in [2.05, 4.69) is 5.32 Å². The van der Waals surface area contributed by atoms with Crippen LogP contribution in [0.5, 0.6) is 5.75 Å². The molecule has 0 aliphatic rings. The van der Waals surface area contributed by atoms with E-state index in [1.165, 1.54) is 0 Å². The SMILES string of the molecule is CCOCCNC(=O)c1ccc(OC)cc1N. The van der Waals surface area contributed by atoms with E-state index in [1.807, 2.05) is 6.92 Å². The Hall–Kier alpha value is -1.75. The molecule has 0 bridgehead atoms. The van der Waals surface area contributed by atoms with Crippen molar-refractivity contribution < 1.29 is 14.3 Å². The van der Waals surface area contributed by atoms with Crippen molar-refractivity contribution in [3.8, 4) is 5.75 Å². The first kappa shape index (κ1) is 13.3. The van der Waals surface area contributed by atoms with Crippen molar-refractivity contribution in [1.29, 1.82) is 0 Å². The van der Waals surface area contributed by atoms with Crippen LogP contribution < -0.4 is 15.8 Å². The van der Waals surface area contributed by atoms with Crippen LogP contribution in [0.1, 0.15) is 17.3 Å². The first-order valence-electron chi connectivity index (χ1n) is 5.48. The van der Waals surface area contributed by atoms with Crippen LogP contribution in [-0.2, 0) is 4.74 Å². The Bertz CT molecular complexity index is 380. The largest absolute Gasteiger partial charge is 0.497 e. The number of carbonyl (C=O) groups is 1. The number of ether oxygens (including phenoxy) is 2.